The van der Waals surface area contributed by atoms with Crippen molar-refractivity contribution >= 4 is 26.5 Å². The number of hydrogen-bond acceptors (Lipinski definition) is 6. The predicted molar refractivity (Wildman–Crippen MR) is 73.7 cm³/mol. The monoisotopic (exact) mass is 301 g/mol. The van der Waals surface area contributed by atoms with E-state index in [-0.39, 0.29) is 11.4 Å². The number of aryl methyl sites for hydroxylation is 3. The number of furan rings is 1. The van der Waals surface area contributed by atoms with Gasteiger partial charge in [0.2, 0.25) is 0 Å². The zero-order valence-corrected chi connectivity index (χ0v) is 12.5. The Labute approximate surface area is 115 Å². The molecule has 0 unspecified atom stereocenters. The minimum absolute atomic E-state index is 0.107. The predicted octanol–water partition coefficient (Wildman–Crippen LogP) is 1.92. The molecule has 0 aliphatic rings. The summed E-state index contributed by atoms with van der Waals surface area (Å²) in [5.41, 5.74) is 6.86. The topological polar surface area (TPSA) is 98.2 Å². The fourth-order valence-electron chi connectivity index (χ4n) is 1.86. The van der Waals surface area contributed by atoms with Gasteiger partial charge in [-0.2, -0.15) is 0 Å². The zero-order chi connectivity index (χ0) is 14.2. The van der Waals surface area contributed by atoms with Gasteiger partial charge in [-0.15, -0.1) is 11.3 Å². The van der Waals surface area contributed by atoms with E-state index in [2.05, 4.69) is 9.71 Å². The molecule has 0 aromatic carbocycles. The molecule has 2 heterocycles. The molecule has 0 aliphatic heterocycles. The highest BCUT2D eigenvalue weighted by molar-refractivity contribution is 7.93. The zero-order valence-electron chi connectivity index (χ0n) is 10.9. The van der Waals surface area contributed by atoms with E-state index in [1.165, 1.54) is 11.3 Å². The molecule has 0 bridgehead atoms. The Bertz CT molecular complexity index is 701. The lowest BCUT2D eigenvalue weighted by Gasteiger charge is -2.06. The van der Waals surface area contributed by atoms with Crippen LogP contribution in [0.3, 0.4) is 0 Å². The fourth-order valence-corrected chi connectivity index (χ4v) is 4.27. The largest absolute Gasteiger partial charge is 0.465 e. The van der Waals surface area contributed by atoms with Crippen LogP contribution >= 0.6 is 11.3 Å². The highest BCUT2D eigenvalue weighted by Gasteiger charge is 2.26. The van der Waals surface area contributed by atoms with Gasteiger partial charge in [0.25, 0.3) is 10.0 Å². The van der Waals surface area contributed by atoms with Gasteiger partial charge >= 0.3 is 0 Å². The van der Waals surface area contributed by atoms with Crippen LogP contribution in [0.2, 0.25) is 0 Å². The van der Waals surface area contributed by atoms with Gasteiger partial charge in [-0.3, -0.25) is 4.72 Å². The van der Waals surface area contributed by atoms with Gasteiger partial charge in [0.1, 0.15) is 16.4 Å². The van der Waals surface area contributed by atoms with Crippen molar-refractivity contribution < 1.29 is 12.8 Å². The molecule has 0 atom stereocenters. The normalized spacial score (nSPS) is 11.8. The van der Waals surface area contributed by atoms with Crippen LogP contribution in [-0.4, -0.2) is 13.4 Å². The Morgan fingerprint density at radius 2 is 2.05 bits per heavy atom. The quantitative estimate of drug-likeness (QED) is 0.899. The third kappa shape index (κ3) is 2.65. The molecule has 3 N–H and O–H groups in total. The number of rotatable bonds is 4. The van der Waals surface area contributed by atoms with Gasteiger partial charge in [-0.05, 0) is 20.8 Å². The molecule has 0 fully saturated rings. The van der Waals surface area contributed by atoms with E-state index >= 15 is 0 Å². The van der Waals surface area contributed by atoms with E-state index in [4.69, 9.17) is 10.2 Å². The first-order valence-electron chi connectivity index (χ1n) is 5.59. The maximum atomic E-state index is 12.4. The SMILES string of the molecule is Cc1csc(NS(=O)(=O)c2c(C)oc(C)c2CN)n1. The summed E-state index contributed by atoms with van der Waals surface area (Å²) < 4.78 is 32.5. The molecule has 104 valence electrons. The average molecular weight is 301 g/mol. The standard InChI is InChI=1S/C11H15N3O3S2/c1-6-5-18-11(13-6)14-19(15,16)10-8(3)17-7(2)9(10)4-12/h5H,4,12H2,1-3H3,(H,13,14). The molecule has 0 saturated carbocycles. The molecule has 6 nitrogen and oxygen atoms in total. The summed E-state index contributed by atoms with van der Waals surface area (Å²) in [5.74, 6) is 0.856. The summed E-state index contributed by atoms with van der Waals surface area (Å²) in [4.78, 5) is 4.19. The molecule has 0 aliphatic carbocycles. The lowest BCUT2D eigenvalue weighted by molar-refractivity contribution is 0.494. The van der Waals surface area contributed by atoms with Crippen LogP contribution in [0.5, 0.6) is 0 Å². The second-order valence-corrected chi connectivity index (χ2v) is 6.60. The van der Waals surface area contributed by atoms with E-state index in [0.717, 1.165) is 5.69 Å². The van der Waals surface area contributed by atoms with E-state index in [1.54, 1.807) is 26.2 Å². The molecule has 0 radical (unpaired) electrons. The Kier molecular flexibility index (Phi) is 3.66. The third-order valence-electron chi connectivity index (χ3n) is 2.64. The third-order valence-corrected chi connectivity index (χ3v) is 5.18. The molecular weight excluding hydrogens is 286 g/mol. The van der Waals surface area contributed by atoms with Crippen molar-refractivity contribution in [3.05, 3.63) is 28.2 Å². The van der Waals surface area contributed by atoms with Crippen molar-refractivity contribution in [3.63, 3.8) is 0 Å². The van der Waals surface area contributed by atoms with Crippen LogP contribution in [0, 0.1) is 20.8 Å². The van der Waals surface area contributed by atoms with Gasteiger partial charge in [0.15, 0.2) is 5.13 Å². The van der Waals surface area contributed by atoms with E-state index in [9.17, 15) is 8.42 Å². The second-order valence-electron chi connectivity index (χ2n) is 4.13. The molecule has 0 spiro atoms. The van der Waals surface area contributed by atoms with Crippen molar-refractivity contribution in [1.29, 1.82) is 0 Å². The van der Waals surface area contributed by atoms with E-state index in [1.807, 2.05) is 0 Å². The Balaban J connectivity index is 2.45. The number of nitrogens with one attached hydrogen (secondary N) is 1. The molecule has 19 heavy (non-hydrogen) atoms. The van der Waals surface area contributed by atoms with Crippen LogP contribution in [0.15, 0.2) is 14.7 Å². The molecule has 8 heteroatoms. The Morgan fingerprint density at radius 1 is 1.37 bits per heavy atom. The minimum Gasteiger partial charge on any atom is -0.465 e. The van der Waals surface area contributed by atoms with Gasteiger partial charge < -0.3 is 10.2 Å². The lowest BCUT2D eigenvalue weighted by atomic mass is 10.2. The fraction of sp³-hybridized carbons (Fsp3) is 0.364. The van der Waals surface area contributed by atoms with Crippen molar-refractivity contribution in [2.45, 2.75) is 32.2 Å². The lowest BCUT2D eigenvalue weighted by Crippen LogP contribution is -2.16. The van der Waals surface area contributed by atoms with Gasteiger partial charge in [-0.25, -0.2) is 13.4 Å². The first-order chi connectivity index (χ1) is 8.85. The van der Waals surface area contributed by atoms with Crippen LogP contribution < -0.4 is 10.5 Å². The van der Waals surface area contributed by atoms with Crippen LogP contribution in [0.25, 0.3) is 0 Å². The summed E-state index contributed by atoms with van der Waals surface area (Å²) in [7, 11) is -3.73. The number of sulfonamides is 1. The second kappa shape index (κ2) is 4.95. The number of aromatic nitrogens is 1. The summed E-state index contributed by atoms with van der Waals surface area (Å²) in [5, 5.41) is 2.11. The maximum Gasteiger partial charge on any atom is 0.267 e. The average Bonchev–Trinajstić information content (AvgIpc) is 2.81. The van der Waals surface area contributed by atoms with Crippen LogP contribution in [0.4, 0.5) is 5.13 Å². The van der Waals surface area contributed by atoms with Gasteiger partial charge in [0.05, 0.1) is 5.69 Å². The Hall–Kier alpha value is -1.38. The van der Waals surface area contributed by atoms with Crippen LogP contribution in [0.1, 0.15) is 22.8 Å². The number of nitrogens with two attached hydrogens (primary N) is 1. The maximum absolute atomic E-state index is 12.4. The first-order valence-corrected chi connectivity index (χ1v) is 7.95. The number of nitrogens with zero attached hydrogens (tertiary/aromatic N) is 1. The van der Waals surface area contributed by atoms with Gasteiger partial charge in [0, 0.05) is 17.5 Å². The summed E-state index contributed by atoms with van der Waals surface area (Å²) in [6.45, 7) is 5.21. The summed E-state index contributed by atoms with van der Waals surface area (Å²) in [6, 6.07) is 0. The van der Waals surface area contributed by atoms with Crippen molar-refractivity contribution in [2.75, 3.05) is 4.72 Å². The van der Waals surface area contributed by atoms with E-state index in [0.29, 0.717) is 22.2 Å². The number of hydrogen-bond donors (Lipinski definition) is 2. The summed E-state index contributed by atoms with van der Waals surface area (Å²) in [6.07, 6.45) is 0. The van der Waals surface area contributed by atoms with Crippen molar-refractivity contribution in [3.8, 4) is 0 Å². The van der Waals surface area contributed by atoms with Crippen molar-refractivity contribution in [2.24, 2.45) is 5.73 Å². The highest BCUT2D eigenvalue weighted by Crippen LogP contribution is 2.28. The van der Waals surface area contributed by atoms with Gasteiger partial charge in [-0.1, -0.05) is 0 Å². The van der Waals surface area contributed by atoms with Crippen molar-refractivity contribution in [1.82, 2.24) is 4.98 Å². The molecule has 2 rings (SSSR count). The molecule has 0 amide bonds. The molecule has 2 aromatic rings. The highest BCUT2D eigenvalue weighted by atomic mass is 32.2. The van der Waals surface area contributed by atoms with Crippen LogP contribution in [-0.2, 0) is 16.6 Å². The number of thiazole rings is 1. The molecule has 2 aromatic heterocycles. The van der Waals surface area contributed by atoms with E-state index < -0.39 is 10.0 Å². The minimum atomic E-state index is -3.73. The Morgan fingerprint density at radius 3 is 2.58 bits per heavy atom. The smallest absolute Gasteiger partial charge is 0.267 e. The molecule has 0 saturated heterocycles. The summed E-state index contributed by atoms with van der Waals surface area (Å²) >= 11 is 1.23. The number of anilines is 1. The first kappa shape index (κ1) is 14.0. The molecular formula is C11H15N3O3S2.